The van der Waals surface area contributed by atoms with E-state index in [9.17, 15) is 0 Å². The molecular weight excluding hydrogens is 138 g/mol. The maximum atomic E-state index is 5.32. The van der Waals surface area contributed by atoms with E-state index in [2.05, 4.69) is 18.8 Å². The third-order valence-electron chi connectivity index (χ3n) is 1.35. The first kappa shape index (κ1) is 10.7. The molecule has 0 spiro atoms. The van der Waals surface area contributed by atoms with Gasteiger partial charge in [0.15, 0.2) is 0 Å². The molecule has 0 fully saturated rings. The van der Waals surface area contributed by atoms with Gasteiger partial charge in [-0.2, -0.15) is 0 Å². The number of nitrogens with one attached hydrogen (secondary N) is 1. The monoisotopic (exact) mass is 157 g/mol. The first-order valence-corrected chi connectivity index (χ1v) is 4.20. The molecule has 0 amide bonds. The fraction of sp³-hybridized carbons (Fsp3) is 0.778. The lowest BCUT2D eigenvalue weighted by molar-refractivity contribution is 0.139. The van der Waals surface area contributed by atoms with Crippen LogP contribution in [0.3, 0.4) is 0 Å². The van der Waals surface area contributed by atoms with Gasteiger partial charge in [-0.15, -0.1) is 6.58 Å². The summed E-state index contributed by atoms with van der Waals surface area (Å²) >= 11 is 0. The van der Waals surface area contributed by atoms with Crippen LogP contribution in [0.2, 0.25) is 0 Å². The van der Waals surface area contributed by atoms with Gasteiger partial charge in [-0.1, -0.05) is 12.5 Å². The first-order valence-electron chi connectivity index (χ1n) is 4.20. The topological polar surface area (TPSA) is 21.3 Å². The highest BCUT2D eigenvalue weighted by Crippen LogP contribution is 1.94. The van der Waals surface area contributed by atoms with Gasteiger partial charge >= 0.3 is 0 Å². The van der Waals surface area contributed by atoms with E-state index in [1.54, 1.807) is 0 Å². The highest BCUT2D eigenvalue weighted by molar-refractivity contribution is 4.86. The molecule has 0 rings (SSSR count). The fourth-order valence-corrected chi connectivity index (χ4v) is 0.670. The molecule has 2 nitrogen and oxygen atoms in total. The quantitative estimate of drug-likeness (QED) is 0.447. The van der Waals surface area contributed by atoms with Crippen LogP contribution in [0.15, 0.2) is 12.2 Å². The van der Waals surface area contributed by atoms with Gasteiger partial charge < -0.3 is 10.1 Å². The van der Waals surface area contributed by atoms with Gasteiger partial charge in [-0.05, 0) is 19.9 Å². The maximum Gasteiger partial charge on any atom is 0.0591 e. The molecule has 2 heteroatoms. The molecule has 0 saturated carbocycles. The predicted octanol–water partition coefficient (Wildman–Crippen LogP) is 1.58. The van der Waals surface area contributed by atoms with Crippen molar-refractivity contribution in [2.75, 3.05) is 26.3 Å². The van der Waals surface area contributed by atoms with E-state index in [4.69, 9.17) is 4.74 Å². The van der Waals surface area contributed by atoms with E-state index in [1.165, 1.54) is 5.57 Å². The molecule has 1 N–H and O–H groups in total. The Morgan fingerprint density at radius 2 is 2.18 bits per heavy atom. The number of hydrogen-bond donors (Lipinski definition) is 1. The van der Waals surface area contributed by atoms with Gasteiger partial charge in [0.25, 0.3) is 0 Å². The molecule has 0 bridgehead atoms. The number of hydrogen-bond acceptors (Lipinski definition) is 2. The summed E-state index contributed by atoms with van der Waals surface area (Å²) in [7, 11) is 0. The van der Waals surface area contributed by atoms with Crippen molar-refractivity contribution in [3.8, 4) is 0 Å². The first-order chi connectivity index (χ1) is 5.27. The minimum absolute atomic E-state index is 0.806. The summed E-state index contributed by atoms with van der Waals surface area (Å²) in [5.41, 5.74) is 1.19. The largest absolute Gasteiger partial charge is 0.380 e. The van der Waals surface area contributed by atoms with Crippen molar-refractivity contribution in [1.82, 2.24) is 5.32 Å². The van der Waals surface area contributed by atoms with E-state index >= 15 is 0 Å². The SMILES string of the molecule is C=C(C)CCOCCNCC. The van der Waals surface area contributed by atoms with Gasteiger partial charge in [0.05, 0.1) is 13.2 Å². The molecule has 0 heterocycles. The molecule has 0 aromatic rings. The van der Waals surface area contributed by atoms with E-state index in [1.807, 2.05) is 6.92 Å². The lowest BCUT2D eigenvalue weighted by atomic mass is 10.3. The molecule has 66 valence electrons. The van der Waals surface area contributed by atoms with Crippen molar-refractivity contribution in [2.45, 2.75) is 20.3 Å². The van der Waals surface area contributed by atoms with E-state index in [-0.39, 0.29) is 0 Å². The lowest BCUT2D eigenvalue weighted by Gasteiger charge is -2.03. The number of rotatable bonds is 7. The van der Waals surface area contributed by atoms with E-state index in [0.29, 0.717) is 0 Å². The Labute approximate surface area is 69.6 Å². The highest BCUT2D eigenvalue weighted by Gasteiger charge is 1.87. The summed E-state index contributed by atoms with van der Waals surface area (Å²) < 4.78 is 5.32. The number of likely N-dealkylation sites (N-methyl/N-ethyl adjacent to an activating group) is 1. The molecule has 0 aliphatic carbocycles. The molecule has 0 atom stereocenters. The van der Waals surface area contributed by atoms with Crippen molar-refractivity contribution < 1.29 is 4.74 Å². The molecule has 0 aromatic carbocycles. The van der Waals surface area contributed by atoms with Crippen molar-refractivity contribution in [1.29, 1.82) is 0 Å². The third-order valence-corrected chi connectivity index (χ3v) is 1.35. The van der Waals surface area contributed by atoms with Crippen LogP contribution in [0.5, 0.6) is 0 Å². The average Bonchev–Trinajstić information content (AvgIpc) is 1.96. The van der Waals surface area contributed by atoms with Crippen LogP contribution < -0.4 is 5.32 Å². The average molecular weight is 157 g/mol. The van der Waals surface area contributed by atoms with Crippen molar-refractivity contribution in [3.05, 3.63) is 12.2 Å². The predicted molar refractivity (Wildman–Crippen MR) is 48.8 cm³/mol. The Morgan fingerprint density at radius 3 is 2.73 bits per heavy atom. The maximum absolute atomic E-state index is 5.32. The third kappa shape index (κ3) is 9.66. The van der Waals surface area contributed by atoms with Crippen molar-refractivity contribution in [2.24, 2.45) is 0 Å². The van der Waals surface area contributed by atoms with Crippen molar-refractivity contribution >= 4 is 0 Å². The zero-order valence-electron chi connectivity index (χ0n) is 7.65. The van der Waals surface area contributed by atoms with Crippen LogP contribution in [0, 0.1) is 0 Å². The summed E-state index contributed by atoms with van der Waals surface area (Å²) in [5.74, 6) is 0. The van der Waals surface area contributed by atoms with Crippen LogP contribution in [0.1, 0.15) is 20.3 Å². The van der Waals surface area contributed by atoms with Crippen LogP contribution in [0.4, 0.5) is 0 Å². The molecule has 11 heavy (non-hydrogen) atoms. The lowest BCUT2D eigenvalue weighted by Crippen LogP contribution is -2.19. The summed E-state index contributed by atoms with van der Waals surface area (Å²) in [6.07, 6.45) is 0.978. The van der Waals surface area contributed by atoms with Gasteiger partial charge in [-0.25, -0.2) is 0 Å². The Kier molecular flexibility index (Phi) is 7.52. The Balaban J connectivity index is 2.85. The second kappa shape index (κ2) is 7.76. The molecule has 0 aliphatic rings. The van der Waals surface area contributed by atoms with Gasteiger partial charge in [0, 0.05) is 6.54 Å². The zero-order valence-corrected chi connectivity index (χ0v) is 7.65. The number of ether oxygens (including phenoxy) is 1. The fourth-order valence-electron chi connectivity index (χ4n) is 0.670. The summed E-state index contributed by atoms with van der Waals surface area (Å²) in [4.78, 5) is 0. The normalized spacial score (nSPS) is 10.0. The van der Waals surface area contributed by atoms with Crippen LogP contribution in [-0.2, 0) is 4.74 Å². The molecule has 0 aliphatic heterocycles. The minimum atomic E-state index is 0.806. The zero-order chi connectivity index (χ0) is 8.53. The standard InChI is InChI=1S/C9H19NO/c1-4-10-6-8-11-7-5-9(2)3/h10H,2,4-8H2,1,3H3. The Morgan fingerprint density at radius 1 is 1.45 bits per heavy atom. The molecule has 0 radical (unpaired) electrons. The summed E-state index contributed by atoms with van der Waals surface area (Å²) in [5, 5.41) is 3.19. The second-order valence-electron chi connectivity index (χ2n) is 2.67. The van der Waals surface area contributed by atoms with Crippen LogP contribution in [-0.4, -0.2) is 26.3 Å². The summed E-state index contributed by atoms with van der Waals surface area (Å²) in [6, 6.07) is 0. The second-order valence-corrected chi connectivity index (χ2v) is 2.67. The van der Waals surface area contributed by atoms with Gasteiger partial charge in [-0.3, -0.25) is 0 Å². The van der Waals surface area contributed by atoms with Crippen LogP contribution >= 0.6 is 0 Å². The Bertz CT molecular complexity index is 102. The Hall–Kier alpha value is -0.340. The molecule has 0 saturated heterocycles. The van der Waals surface area contributed by atoms with E-state index in [0.717, 1.165) is 32.7 Å². The van der Waals surface area contributed by atoms with Gasteiger partial charge in [0.2, 0.25) is 0 Å². The molecule has 0 aromatic heterocycles. The summed E-state index contributed by atoms with van der Waals surface area (Å²) in [6.45, 7) is 11.5. The molecule has 0 unspecified atom stereocenters. The smallest absolute Gasteiger partial charge is 0.0591 e. The van der Waals surface area contributed by atoms with Gasteiger partial charge in [0.1, 0.15) is 0 Å². The molecular formula is C9H19NO. The van der Waals surface area contributed by atoms with Crippen LogP contribution in [0.25, 0.3) is 0 Å². The van der Waals surface area contributed by atoms with E-state index < -0.39 is 0 Å². The highest BCUT2D eigenvalue weighted by atomic mass is 16.5. The minimum Gasteiger partial charge on any atom is -0.380 e. The van der Waals surface area contributed by atoms with Crippen molar-refractivity contribution in [3.63, 3.8) is 0 Å².